The molecule has 1 fully saturated rings. The first-order valence-corrected chi connectivity index (χ1v) is 13.8. The monoisotopic (exact) mass is 498 g/mol. The summed E-state index contributed by atoms with van der Waals surface area (Å²) < 4.78 is 2.25. The first kappa shape index (κ1) is 24.6. The van der Waals surface area contributed by atoms with Crippen molar-refractivity contribution >= 4 is 28.7 Å². The Morgan fingerprint density at radius 3 is 2.72 bits per heavy atom. The summed E-state index contributed by atoms with van der Waals surface area (Å²) in [7, 11) is 0. The molecule has 1 N–H and O–H groups in total. The Balaban J connectivity index is 1.27. The third kappa shape index (κ3) is 5.49. The summed E-state index contributed by atoms with van der Waals surface area (Å²) in [5.41, 5.74) is 6.39. The van der Waals surface area contributed by atoms with Crippen molar-refractivity contribution in [3.63, 3.8) is 0 Å². The molecule has 1 saturated carbocycles. The number of fused-ring (bicyclic) bond motifs is 1. The molecular weight excluding hydrogens is 464 g/mol. The van der Waals surface area contributed by atoms with Crippen LogP contribution in [0.25, 0.3) is 11.0 Å². The van der Waals surface area contributed by atoms with Crippen LogP contribution in [0.1, 0.15) is 60.2 Å². The molecule has 0 aliphatic heterocycles. The van der Waals surface area contributed by atoms with Gasteiger partial charge in [0.1, 0.15) is 0 Å². The van der Waals surface area contributed by atoms with Crippen LogP contribution in [0.4, 0.5) is 0 Å². The van der Waals surface area contributed by atoms with E-state index in [0.29, 0.717) is 11.8 Å². The lowest BCUT2D eigenvalue weighted by Crippen LogP contribution is -2.43. The topological polar surface area (TPSA) is 59.8 Å². The standard InChI is InChI=1S/C30H34N4OS/c1-20-6-4-8-24(16-20)18-34-28-17-31-15-14-27(28)33-30(34)36-19-23-10-12-25(13-11-23)29(35)32-26-9-5-7-21(2)22(26)3/h4,6,8,10-17,21-22,26H,5,7,9,18-19H2,1-3H3,(H,32,35)/t21-,22-,26-/m1/s1. The number of nitrogens with one attached hydrogen (secondary N) is 1. The minimum atomic E-state index is 0.0348. The smallest absolute Gasteiger partial charge is 0.251 e. The summed E-state index contributed by atoms with van der Waals surface area (Å²) in [5.74, 6) is 2.00. The number of amides is 1. The lowest BCUT2D eigenvalue weighted by Gasteiger charge is -2.34. The number of imidazole rings is 1. The number of aromatic nitrogens is 3. The van der Waals surface area contributed by atoms with E-state index in [-0.39, 0.29) is 11.9 Å². The molecule has 186 valence electrons. The van der Waals surface area contributed by atoms with Crippen molar-refractivity contribution in [1.82, 2.24) is 19.9 Å². The number of aryl methyl sites for hydroxylation is 1. The highest BCUT2D eigenvalue weighted by molar-refractivity contribution is 7.98. The lowest BCUT2D eigenvalue weighted by molar-refractivity contribution is 0.0891. The molecule has 3 atom stereocenters. The van der Waals surface area contributed by atoms with Gasteiger partial charge in [-0.3, -0.25) is 9.78 Å². The molecule has 1 aliphatic rings. The van der Waals surface area contributed by atoms with Gasteiger partial charge in [-0.1, -0.05) is 80.4 Å². The number of rotatable bonds is 7. The Morgan fingerprint density at radius 2 is 1.92 bits per heavy atom. The molecule has 6 heteroatoms. The van der Waals surface area contributed by atoms with Crippen LogP contribution >= 0.6 is 11.8 Å². The second kappa shape index (κ2) is 10.9. The maximum atomic E-state index is 12.9. The maximum absolute atomic E-state index is 12.9. The first-order chi connectivity index (χ1) is 17.5. The summed E-state index contributed by atoms with van der Waals surface area (Å²) in [6.07, 6.45) is 7.21. The largest absolute Gasteiger partial charge is 0.349 e. The van der Waals surface area contributed by atoms with E-state index in [4.69, 9.17) is 4.98 Å². The zero-order chi connectivity index (χ0) is 25.1. The van der Waals surface area contributed by atoms with Crippen LogP contribution in [0, 0.1) is 18.8 Å². The van der Waals surface area contributed by atoms with Gasteiger partial charge in [-0.2, -0.15) is 0 Å². The SMILES string of the molecule is Cc1cccc(Cn2c(SCc3ccc(C(=O)N[C@@H]4CCC[C@@H](C)[C@H]4C)cc3)nc3ccncc32)c1. The number of thioether (sulfide) groups is 1. The van der Waals surface area contributed by atoms with E-state index in [1.165, 1.54) is 29.5 Å². The van der Waals surface area contributed by atoms with Crippen molar-refractivity contribution in [3.8, 4) is 0 Å². The molecule has 1 aliphatic carbocycles. The van der Waals surface area contributed by atoms with Gasteiger partial charge in [-0.25, -0.2) is 4.98 Å². The van der Waals surface area contributed by atoms with Crippen LogP contribution in [0.3, 0.4) is 0 Å². The van der Waals surface area contributed by atoms with E-state index in [2.05, 4.69) is 72.0 Å². The fourth-order valence-electron chi connectivity index (χ4n) is 5.14. The minimum absolute atomic E-state index is 0.0348. The Labute approximate surface area is 217 Å². The third-order valence-electron chi connectivity index (χ3n) is 7.55. The molecule has 4 aromatic rings. The van der Waals surface area contributed by atoms with Crippen LogP contribution < -0.4 is 5.32 Å². The van der Waals surface area contributed by atoms with Crippen LogP contribution in [-0.2, 0) is 12.3 Å². The number of pyridine rings is 1. The van der Waals surface area contributed by atoms with Crippen molar-refractivity contribution in [2.24, 2.45) is 11.8 Å². The molecule has 2 aromatic heterocycles. The summed E-state index contributed by atoms with van der Waals surface area (Å²) in [6.45, 7) is 7.43. The molecule has 0 saturated heterocycles. The van der Waals surface area contributed by atoms with Crippen LogP contribution in [0.2, 0.25) is 0 Å². The molecule has 0 unspecified atom stereocenters. The van der Waals surface area contributed by atoms with Gasteiger partial charge >= 0.3 is 0 Å². The summed E-state index contributed by atoms with van der Waals surface area (Å²) in [5, 5.41) is 4.25. The molecule has 0 bridgehead atoms. The molecule has 2 aromatic carbocycles. The zero-order valence-electron chi connectivity index (χ0n) is 21.3. The highest BCUT2D eigenvalue weighted by Crippen LogP contribution is 2.30. The molecule has 2 heterocycles. The highest BCUT2D eigenvalue weighted by Gasteiger charge is 2.28. The normalized spacial score (nSPS) is 19.9. The number of hydrogen-bond acceptors (Lipinski definition) is 4. The molecule has 0 radical (unpaired) electrons. The maximum Gasteiger partial charge on any atom is 0.251 e. The fraction of sp³-hybridized carbons (Fsp3) is 0.367. The third-order valence-corrected chi connectivity index (χ3v) is 8.59. The second-order valence-corrected chi connectivity index (χ2v) is 11.1. The predicted molar refractivity (Wildman–Crippen MR) is 147 cm³/mol. The molecular formula is C30H34N4OS. The molecule has 5 rings (SSSR count). The minimum Gasteiger partial charge on any atom is -0.349 e. The van der Waals surface area contributed by atoms with Gasteiger partial charge < -0.3 is 9.88 Å². The number of carbonyl (C=O) groups excluding carboxylic acids is 1. The number of carbonyl (C=O) groups is 1. The van der Waals surface area contributed by atoms with Gasteiger partial charge in [0.25, 0.3) is 5.91 Å². The molecule has 5 nitrogen and oxygen atoms in total. The zero-order valence-corrected chi connectivity index (χ0v) is 22.1. The lowest BCUT2D eigenvalue weighted by atomic mass is 9.78. The quantitative estimate of drug-likeness (QED) is 0.290. The summed E-state index contributed by atoms with van der Waals surface area (Å²) in [6, 6.07) is 18.8. The highest BCUT2D eigenvalue weighted by atomic mass is 32.2. The van der Waals surface area contributed by atoms with E-state index in [1.807, 2.05) is 24.4 Å². The predicted octanol–water partition coefficient (Wildman–Crippen LogP) is 6.63. The van der Waals surface area contributed by atoms with Crippen molar-refractivity contribution in [2.45, 2.75) is 63.5 Å². The van der Waals surface area contributed by atoms with E-state index in [1.54, 1.807) is 18.0 Å². The van der Waals surface area contributed by atoms with Gasteiger partial charge in [0.05, 0.1) is 23.8 Å². The van der Waals surface area contributed by atoms with Crippen molar-refractivity contribution < 1.29 is 4.79 Å². The first-order valence-electron chi connectivity index (χ1n) is 12.9. The van der Waals surface area contributed by atoms with E-state index < -0.39 is 0 Å². The van der Waals surface area contributed by atoms with Crippen molar-refractivity contribution in [2.75, 3.05) is 0 Å². The number of nitrogens with zero attached hydrogens (tertiary/aromatic N) is 3. The van der Waals surface area contributed by atoms with Crippen molar-refractivity contribution in [1.29, 1.82) is 0 Å². The van der Waals surface area contributed by atoms with Crippen LogP contribution in [0.15, 0.2) is 72.1 Å². The summed E-state index contributed by atoms with van der Waals surface area (Å²) in [4.78, 5) is 22.1. The van der Waals surface area contributed by atoms with E-state index in [0.717, 1.165) is 40.5 Å². The Hall–Kier alpha value is -3.12. The van der Waals surface area contributed by atoms with Gasteiger partial charge in [0, 0.05) is 23.6 Å². The molecule has 0 spiro atoms. The molecule has 1 amide bonds. The average Bonchev–Trinajstić information content (AvgIpc) is 3.23. The van der Waals surface area contributed by atoms with E-state index in [9.17, 15) is 4.79 Å². The second-order valence-electron chi connectivity index (χ2n) is 10.2. The fourth-order valence-corrected chi connectivity index (χ4v) is 6.11. The van der Waals surface area contributed by atoms with Gasteiger partial charge in [0.15, 0.2) is 5.16 Å². The Bertz CT molecular complexity index is 1350. The van der Waals surface area contributed by atoms with Gasteiger partial charge in [0.2, 0.25) is 0 Å². The van der Waals surface area contributed by atoms with E-state index >= 15 is 0 Å². The Kier molecular flexibility index (Phi) is 7.42. The molecule has 36 heavy (non-hydrogen) atoms. The van der Waals surface area contributed by atoms with Crippen LogP contribution in [-0.4, -0.2) is 26.5 Å². The van der Waals surface area contributed by atoms with Crippen molar-refractivity contribution in [3.05, 3.63) is 89.2 Å². The summed E-state index contributed by atoms with van der Waals surface area (Å²) >= 11 is 1.72. The van der Waals surface area contributed by atoms with Crippen LogP contribution in [0.5, 0.6) is 0 Å². The number of benzene rings is 2. The van der Waals surface area contributed by atoms with Gasteiger partial charge in [-0.15, -0.1) is 0 Å². The van der Waals surface area contributed by atoms with Gasteiger partial charge in [-0.05, 0) is 54.5 Å². The Morgan fingerprint density at radius 1 is 1.08 bits per heavy atom. The number of hydrogen-bond donors (Lipinski definition) is 1. The average molecular weight is 499 g/mol.